The van der Waals surface area contributed by atoms with E-state index >= 15 is 0 Å². The molecule has 0 N–H and O–H groups in total. The third-order valence-electron chi connectivity index (χ3n) is 2.48. The minimum Gasteiger partial charge on any atom is -0.0654 e. The first kappa shape index (κ1) is 12.0. The zero-order chi connectivity index (χ0) is 9.61. The Balaban J connectivity index is 3.70. The van der Waals surface area contributed by atoms with E-state index < -0.39 is 0 Å². The Morgan fingerprint density at radius 2 is 1.83 bits per heavy atom. The molecule has 2 atom stereocenters. The van der Waals surface area contributed by atoms with Gasteiger partial charge in [0.1, 0.15) is 0 Å². The number of rotatable bonds is 6. The molecule has 12 heavy (non-hydrogen) atoms. The molecule has 0 heteroatoms. The van der Waals surface area contributed by atoms with Gasteiger partial charge in [0.15, 0.2) is 0 Å². The van der Waals surface area contributed by atoms with Gasteiger partial charge in [0.05, 0.1) is 0 Å². The Hall–Kier alpha value is 0. The smallest absolute Gasteiger partial charge is 0.0323 e. The van der Waals surface area contributed by atoms with E-state index in [0.717, 1.165) is 5.92 Å². The van der Waals surface area contributed by atoms with Crippen molar-refractivity contribution in [2.75, 3.05) is 0 Å². The van der Waals surface area contributed by atoms with Crippen molar-refractivity contribution in [1.82, 2.24) is 0 Å². The van der Waals surface area contributed by atoms with Gasteiger partial charge in [0.2, 0.25) is 0 Å². The molecule has 0 spiro atoms. The molecule has 0 aromatic carbocycles. The molecule has 0 bridgehead atoms. The zero-order valence-corrected chi connectivity index (χ0v) is 9.32. The predicted molar refractivity (Wildman–Crippen MR) is 57.1 cm³/mol. The molecule has 0 aliphatic carbocycles. The zero-order valence-electron chi connectivity index (χ0n) is 9.32. The van der Waals surface area contributed by atoms with Crippen molar-refractivity contribution in [2.45, 2.75) is 59.8 Å². The van der Waals surface area contributed by atoms with Gasteiger partial charge in [-0.2, -0.15) is 0 Å². The lowest BCUT2D eigenvalue weighted by molar-refractivity contribution is 0.282. The third-order valence-corrected chi connectivity index (χ3v) is 2.48. The second kappa shape index (κ2) is 5.61. The lowest BCUT2D eigenvalue weighted by Gasteiger charge is -2.27. The summed E-state index contributed by atoms with van der Waals surface area (Å²) in [5.41, 5.74) is 0.323. The van der Waals surface area contributed by atoms with Crippen LogP contribution in [-0.4, -0.2) is 0 Å². The summed E-state index contributed by atoms with van der Waals surface area (Å²) in [7, 11) is 0. The molecule has 0 fully saturated rings. The van der Waals surface area contributed by atoms with Crippen LogP contribution in [0.2, 0.25) is 0 Å². The van der Waals surface area contributed by atoms with Crippen LogP contribution in [0.15, 0.2) is 0 Å². The van der Waals surface area contributed by atoms with Crippen LogP contribution in [0.3, 0.4) is 0 Å². The van der Waals surface area contributed by atoms with Gasteiger partial charge in [0.25, 0.3) is 0 Å². The molecule has 0 aromatic rings. The molecular formula is C12H25. The predicted octanol–water partition coefficient (Wildman–Crippen LogP) is 4.45. The van der Waals surface area contributed by atoms with E-state index in [1.54, 1.807) is 0 Å². The number of hydrogen-bond acceptors (Lipinski definition) is 0. The first-order valence-corrected chi connectivity index (χ1v) is 5.37. The van der Waals surface area contributed by atoms with Crippen LogP contribution in [-0.2, 0) is 0 Å². The molecule has 0 saturated carbocycles. The third kappa shape index (κ3) is 5.62. The summed E-state index contributed by atoms with van der Waals surface area (Å²) in [4.78, 5) is 0. The van der Waals surface area contributed by atoms with Crippen LogP contribution >= 0.6 is 0 Å². The molecule has 0 amide bonds. The largest absolute Gasteiger partial charge is 0.0654 e. The monoisotopic (exact) mass is 169 g/mol. The van der Waals surface area contributed by atoms with Crippen LogP contribution in [0.4, 0.5) is 0 Å². The minimum absolute atomic E-state index is 0.323. The lowest BCUT2D eigenvalue weighted by Crippen LogP contribution is -2.15. The molecule has 73 valence electrons. The molecular weight excluding hydrogens is 144 g/mol. The Morgan fingerprint density at radius 3 is 2.25 bits per heavy atom. The molecule has 0 aliphatic heterocycles. The van der Waals surface area contributed by atoms with Crippen molar-refractivity contribution in [2.24, 2.45) is 11.3 Å². The molecule has 0 aromatic heterocycles. The van der Waals surface area contributed by atoms with Gasteiger partial charge < -0.3 is 0 Å². The van der Waals surface area contributed by atoms with E-state index in [-0.39, 0.29) is 0 Å². The normalized spacial score (nSPS) is 14.8. The van der Waals surface area contributed by atoms with Crippen molar-refractivity contribution in [1.29, 1.82) is 0 Å². The van der Waals surface area contributed by atoms with Crippen molar-refractivity contribution in [3.63, 3.8) is 0 Å². The van der Waals surface area contributed by atoms with Gasteiger partial charge >= 0.3 is 0 Å². The van der Waals surface area contributed by atoms with Gasteiger partial charge in [-0.3, -0.25) is 0 Å². The highest BCUT2D eigenvalue weighted by Crippen LogP contribution is 2.31. The highest BCUT2D eigenvalue weighted by atomic mass is 14.2. The van der Waals surface area contributed by atoms with E-state index in [1.165, 1.54) is 32.1 Å². The fourth-order valence-corrected chi connectivity index (χ4v) is 2.14. The first-order chi connectivity index (χ1) is 5.52. The van der Waals surface area contributed by atoms with E-state index in [2.05, 4.69) is 34.6 Å². The molecule has 0 saturated heterocycles. The fourth-order valence-electron chi connectivity index (χ4n) is 2.14. The summed E-state index contributed by atoms with van der Waals surface area (Å²) in [6.45, 7) is 13.4. The van der Waals surface area contributed by atoms with Crippen molar-refractivity contribution in [3.8, 4) is 0 Å². The quantitative estimate of drug-likeness (QED) is 0.551. The van der Waals surface area contributed by atoms with E-state index in [1.807, 2.05) is 0 Å². The first-order valence-electron chi connectivity index (χ1n) is 5.37. The standard InChI is InChI=1S/C12H25/c1-6-8-11(3)10-12(4,5)9-7-2/h11H,4,6-10H2,1-3,5H3. The average Bonchev–Trinajstić information content (AvgIpc) is 1.85. The summed E-state index contributed by atoms with van der Waals surface area (Å²) in [5, 5.41) is 0. The Kier molecular flexibility index (Phi) is 5.61. The average molecular weight is 169 g/mol. The lowest BCUT2D eigenvalue weighted by atomic mass is 9.79. The Bertz CT molecular complexity index is 103. The fraction of sp³-hybridized carbons (Fsp3) is 0.917. The van der Waals surface area contributed by atoms with E-state index in [0.29, 0.717) is 5.41 Å². The molecule has 0 heterocycles. The molecule has 0 rings (SSSR count). The minimum atomic E-state index is 0.323. The SMILES string of the molecule is [CH2]C(C)(CCC)CC(C)CCC. The maximum absolute atomic E-state index is 4.28. The Morgan fingerprint density at radius 1 is 1.25 bits per heavy atom. The highest BCUT2D eigenvalue weighted by Gasteiger charge is 2.19. The maximum Gasteiger partial charge on any atom is -0.0323 e. The summed E-state index contributed by atoms with van der Waals surface area (Å²) < 4.78 is 0. The molecule has 1 radical (unpaired) electrons. The van der Waals surface area contributed by atoms with Gasteiger partial charge in [-0.25, -0.2) is 0 Å². The summed E-state index contributed by atoms with van der Waals surface area (Å²) in [6.07, 6.45) is 6.48. The van der Waals surface area contributed by atoms with Crippen molar-refractivity contribution < 1.29 is 0 Å². The van der Waals surface area contributed by atoms with Gasteiger partial charge in [-0.1, -0.05) is 47.0 Å². The Labute approximate surface area is 78.8 Å². The second-order valence-electron chi connectivity index (χ2n) is 4.66. The van der Waals surface area contributed by atoms with Gasteiger partial charge in [-0.05, 0) is 31.1 Å². The topological polar surface area (TPSA) is 0 Å². The molecule has 2 unspecified atom stereocenters. The van der Waals surface area contributed by atoms with Crippen molar-refractivity contribution in [3.05, 3.63) is 6.92 Å². The highest BCUT2D eigenvalue weighted by molar-refractivity contribution is 4.78. The second-order valence-corrected chi connectivity index (χ2v) is 4.66. The van der Waals surface area contributed by atoms with Crippen LogP contribution in [0, 0.1) is 18.3 Å². The van der Waals surface area contributed by atoms with Crippen LogP contribution in [0.5, 0.6) is 0 Å². The summed E-state index contributed by atoms with van der Waals surface area (Å²) in [5.74, 6) is 0.851. The van der Waals surface area contributed by atoms with Crippen LogP contribution < -0.4 is 0 Å². The van der Waals surface area contributed by atoms with E-state index in [4.69, 9.17) is 0 Å². The van der Waals surface area contributed by atoms with Crippen LogP contribution in [0.25, 0.3) is 0 Å². The maximum atomic E-state index is 4.28. The molecule has 0 nitrogen and oxygen atoms in total. The summed E-state index contributed by atoms with van der Waals surface area (Å²) >= 11 is 0. The van der Waals surface area contributed by atoms with Crippen LogP contribution in [0.1, 0.15) is 59.8 Å². The van der Waals surface area contributed by atoms with Gasteiger partial charge in [-0.15, -0.1) is 0 Å². The van der Waals surface area contributed by atoms with E-state index in [9.17, 15) is 0 Å². The van der Waals surface area contributed by atoms with Gasteiger partial charge in [0, 0.05) is 0 Å². The number of hydrogen-bond donors (Lipinski definition) is 0. The van der Waals surface area contributed by atoms with Crippen molar-refractivity contribution >= 4 is 0 Å². The summed E-state index contributed by atoms with van der Waals surface area (Å²) in [6, 6.07) is 0. The molecule has 0 aliphatic rings.